The van der Waals surface area contributed by atoms with Crippen LogP contribution >= 0.6 is 27.3 Å². The molecule has 0 fully saturated rings. The summed E-state index contributed by atoms with van der Waals surface area (Å²) < 4.78 is 0.776. The number of carbonyl (C=O) groups excluding carboxylic acids is 2. The molecule has 1 heterocycles. The molecule has 0 aliphatic heterocycles. The van der Waals surface area contributed by atoms with Crippen molar-refractivity contribution in [1.82, 2.24) is 10.2 Å². The van der Waals surface area contributed by atoms with Crippen LogP contribution in [-0.4, -0.2) is 36.9 Å². The summed E-state index contributed by atoms with van der Waals surface area (Å²) in [5, 5.41) is 4.34. The summed E-state index contributed by atoms with van der Waals surface area (Å²) in [5.74, 6) is -0.282. The second kappa shape index (κ2) is 6.00. The molecule has 0 aliphatic rings. The molecule has 1 aromatic rings. The minimum Gasteiger partial charge on any atom is -0.358 e. The van der Waals surface area contributed by atoms with Crippen molar-refractivity contribution in [2.45, 2.75) is 6.92 Å². The minimum atomic E-state index is -0.164. The van der Waals surface area contributed by atoms with E-state index < -0.39 is 0 Å². The Kier molecular flexibility index (Phi) is 4.95. The van der Waals surface area contributed by atoms with E-state index in [9.17, 15) is 9.59 Å². The third-order valence-electron chi connectivity index (χ3n) is 2.09. The molecule has 16 heavy (non-hydrogen) atoms. The number of rotatable bonds is 4. The molecule has 0 saturated heterocycles. The van der Waals surface area contributed by atoms with Crippen molar-refractivity contribution in [2.24, 2.45) is 0 Å². The molecule has 0 bridgehead atoms. The molecule has 0 atom stereocenters. The third-order valence-corrected chi connectivity index (χ3v) is 3.92. The molecular formula is C10H13BrN2O2S. The van der Waals surface area contributed by atoms with Crippen LogP contribution in [0.5, 0.6) is 0 Å². The van der Waals surface area contributed by atoms with Crippen LogP contribution < -0.4 is 5.32 Å². The number of carbonyl (C=O) groups is 2. The normalized spacial score (nSPS) is 9.94. The smallest absolute Gasteiger partial charge is 0.265 e. The lowest BCUT2D eigenvalue weighted by Gasteiger charge is -2.19. The maximum Gasteiger partial charge on any atom is 0.265 e. The largest absolute Gasteiger partial charge is 0.358 e. The molecule has 0 aliphatic carbocycles. The molecule has 1 N–H and O–H groups in total. The summed E-state index contributed by atoms with van der Waals surface area (Å²) in [7, 11) is 1.56. The first-order chi connectivity index (χ1) is 7.60. The Hall–Kier alpha value is -0.880. The van der Waals surface area contributed by atoms with Gasteiger partial charge >= 0.3 is 0 Å². The topological polar surface area (TPSA) is 49.4 Å². The molecule has 2 amide bonds. The molecular weight excluding hydrogens is 292 g/mol. The predicted molar refractivity (Wildman–Crippen MR) is 67.7 cm³/mol. The van der Waals surface area contributed by atoms with Gasteiger partial charge in [-0.2, -0.15) is 0 Å². The SMILES string of the molecule is CCN(CC(=O)NC)C(=O)c1sccc1Br. The highest BCUT2D eigenvalue weighted by atomic mass is 79.9. The molecule has 0 aromatic carbocycles. The molecule has 1 rings (SSSR count). The summed E-state index contributed by atoms with van der Waals surface area (Å²) in [6, 6.07) is 1.83. The predicted octanol–water partition coefficient (Wildman–Crippen LogP) is 1.72. The maximum absolute atomic E-state index is 12.0. The number of likely N-dealkylation sites (N-methyl/N-ethyl adjacent to an activating group) is 2. The van der Waals surface area contributed by atoms with Crippen LogP contribution in [0.1, 0.15) is 16.6 Å². The van der Waals surface area contributed by atoms with Gasteiger partial charge < -0.3 is 10.2 Å². The van der Waals surface area contributed by atoms with E-state index in [1.807, 2.05) is 18.4 Å². The Morgan fingerprint density at radius 3 is 2.69 bits per heavy atom. The molecule has 0 spiro atoms. The molecule has 4 nitrogen and oxygen atoms in total. The van der Waals surface area contributed by atoms with Gasteiger partial charge in [0.25, 0.3) is 5.91 Å². The quantitative estimate of drug-likeness (QED) is 0.921. The maximum atomic E-state index is 12.0. The van der Waals surface area contributed by atoms with E-state index in [0.29, 0.717) is 11.4 Å². The first kappa shape index (κ1) is 13.2. The highest BCUT2D eigenvalue weighted by Crippen LogP contribution is 2.24. The summed E-state index contributed by atoms with van der Waals surface area (Å²) in [4.78, 5) is 25.4. The highest BCUT2D eigenvalue weighted by molar-refractivity contribution is 9.10. The van der Waals surface area contributed by atoms with Crippen LogP contribution in [-0.2, 0) is 4.79 Å². The van der Waals surface area contributed by atoms with Gasteiger partial charge in [-0.3, -0.25) is 9.59 Å². The number of hydrogen-bond donors (Lipinski definition) is 1. The summed E-state index contributed by atoms with van der Waals surface area (Å²) in [5.41, 5.74) is 0. The van der Waals surface area contributed by atoms with Crippen LogP contribution in [0.2, 0.25) is 0 Å². The number of hydrogen-bond acceptors (Lipinski definition) is 3. The average molecular weight is 305 g/mol. The highest BCUT2D eigenvalue weighted by Gasteiger charge is 2.19. The zero-order chi connectivity index (χ0) is 12.1. The number of halogens is 1. The summed E-state index contributed by atoms with van der Waals surface area (Å²) >= 11 is 4.68. The number of nitrogens with zero attached hydrogens (tertiary/aromatic N) is 1. The van der Waals surface area contributed by atoms with Gasteiger partial charge in [-0.25, -0.2) is 0 Å². The molecule has 1 aromatic heterocycles. The van der Waals surface area contributed by atoms with E-state index >= 15 is 0 Å². The van der Waals surface area contributed by atoms with Crippen molar-refractivity contribution < 1.29 is 9.59 Å². The van der Waals surface area contributed by atoms with E-state index in [4.69, 9.17) is 0 Å². The van der Waals surface area contributed by atoms with Gasteiger partial charge in [0.2, 0.25) is 5.91 Å². The van der Waals surface area contributed by atoms with E-state index in [2.05, 4.69) is 21.2 Å². The van der Waals surface area contributed by atoms with Gasteiger partial charge in [0.05, 0.1) is 6.54 Å². The lowest BCUT2D eigenvalue weighted by atomic mass is 10.3. The molecule has 6 heteroatoms. The zero-order valence-electron chi connectivity index (χ0n) is 9.12. The van der Waals surface area contributed by atoms with Crippen LogP contribution in [0.25, 0.3) is 0 Å². The second-order valence-electron chi connectivity index (χ2n) is 3.09. The van der Waals surface area contributed by atoms with Gasteiger partial charge in [0.15, 0.2) is 0 Å². The van der Waals surface area contributed by atoms with E-state index in [1.54, 1.807) is 7.05 Å². The Balaban J connectivity index is 2.78. The lowest BCUT2D eigenvalue weighted by Crippen LogP contribution is -2.39. The summed E-state index contributed by atoms with van der Waals surface area (Å²) in [6.07, 6.45) is 0. The first-order valence-electron chi connectivity index (χ1n) is 4.83. The Bertz CT molecular complexity index is 392. The fourth-order valence-electron chi connectivity index (χ4n) is 1.17. The minimum absolute atomic E-state index is 0.0934. The zero-order valence-corrected chi connectivity index (χ0v) is 11.5. The Morgan fingerprint density at radius 1 is 1.56 bits per heavy atom. The fourth-order valence-corrected chi connectivity index (χ4v) is 2.68. The van der Waals surface area contributed by atoms with Gasteiger partial charge in [-0.1, -0.05) is 0 Å². The summed E-state index contributed by atoms with van der Waals surface area (Å²) in [6.45, 7) is 2.45. The van der Waals surface area contributed by atoms with Crippen LogP contribution in [0.3, 0.4) is 0 Å². The van der Waals surface area contributed by atoms with Crippen LogP contribution in [0.15, 0.2) is 15.9 Å². The molecule has 0 radical (unpaired) electrons. The number of nitrogens with one attached hydrogen (secondary N) is 1. The Labute approximate surface area is 107 Å². The van der Waals surface area contributed by atoms with Gasteiger partial charge in [-0.05, 0) is 34.3 Å². The standard InChI is InChI=1S/C10H13BrN2O2S/c1-3-13(6-8(14)12-2)10(15)9-7(11)4-5-16-9/h4-5H,3,6H2,1-2H3,(H,12,14). The monoisotopic (exact) mass is 304 g/mol. The molecule has 88 valence electrons. The van der Waals surface area contributed by atoms with Crippen molar-refractivity contribution in [3.05, 3.63) is 20.8 Å². The van der Waals surface area contributed by atoms with E-state index in [0.717, 1.165) is 4.47 Å². The number of amides is 2. The van der Waals surface area contributed by atoms with Crippen molar-refractivity contribution in [1.29, 1.82) is 0 Å². The van der Waals surface area contributed by atoms with Crippen molar-refractivity contribution >= 4 is 39.1 Å². The van der Waals surface area contributed by atoms with Gasteiger partial charge in [-0.15, -0.1) is 11.3 Å². The molecule has 0 saturated carbocycles. The number of thiophene rings is 1. The van der Waals surface area contributed by atoms with Gasteiger partial charge in [0.1, 0.15) is 4.88 Å². The van der Waals surface area contributed by atoms with Crippen molar-refractivity contribution in [2.75, 3.05) is 20.1 Å². The Morgan fingerprint density at radius 2 is 2.25 bits per heavy atom. The van der Waals surface area contributed by atoms with Crippen molar-refractivity contribution in [3.63, 3.8) is 0 Å². The third kappa shape index (κ3) is 3.05. The van der Waals surface area contributed by atoms with Crippen molar-refractivity contribution in [3.8, 4) is 0 Å². The lowest BCUT2D eigenvalue weighted by molar-refractivity contribution is -0.121. The van der Waals surface area contributed by atoms with E-state index in [1.165, 1.54) is 16.2 Å². The fraction of sp³-hybridized carbons (Fsp3) is 0.400. The molecule has 0 unspecified atom stereocenters. The first-order valence-corrected chi connectivity index (χ1v) is 6.50. The average Bonchev–Trinajstić information content (AvgIpc) is 2.71. The van der Waals surface area contributed by atoms with Gasteiger partial charge in [0, 0.05) is 18.1 Å². The van der Waals surface area contributed by atoms with Crippen LogP contribution in [0, 0.1) is 0 Å². The van der Waals surface area contributed by atoms with Crippen LogP contribution in [0.4, 0.5) is 0 Å². The van der Waals surface area contributed by atoms with E-state index in [-0.39, 0.29) is 18.4 Å². The second-order valence-corrected chi connectivity index (χ2v) is 4.86.